The van der Waals surface area contributed by atoms with E-state index in [1.54, 1.807) is 13.1 Å². The SMILES string of the molecule is CN=C(NCCC(C)(C)C)NCc1ccc(S(C)(=O)=O)c(C)c1. The molecule has 0 atom stereocenters. The van der Waals surface area contributed by atoms with E-state index in [9.17, 15) is 8.42 Å². The molecular formula is C17H29N3O2S. The first-order chi connectivity index (χ1) is 10.5. The molecule has 0 amide bonds. The Bertz CT molecular complexity index is 659. The zero-order chi connectivity index (χ0) is 17.7. The molecule has 1 aromatic carbocycles. The van der Waals surface area contributed by atoms with Crippen molar-refractivity contribution >= 4 is 15.8 Å². The summed E-state index contributed by atoms with van der Waals surface area (Å²) in [6.07, 6.45) is 2.28. The highest BCUT2D eigenvalue weighted by molar-refractivity contribution is 7.90. The molecule has 5 nitrogen and oxygen atoms in total. The number of aliphatic imine (C=N–C) groups is 1. The first kappa shape index (κ1) is 19.5. The van der Waals surface area contributed by atoms with Crippen molar-refractivity contribution in [1.82, 2.24) is 10.6 Å². The largest absolute Gasteiger partial charge is 0.356 e. The third-order valence-electron chi connectivity index (χ3n) is 3.49. The molecule has 0 saturated carbocycles. The summed E-state index contributed by atoms with van der Waals surface area (Å²) in [5, 5.41) is 6.54. The van der Waals surface area contributed by atoms with Gasteiger partial charge in [-0.2, -0.15) is 0 Å². The van der Waals surface area contributed by atoms with E-state index in [2.05, 4.69) is 36.4 Å². The van der Waals surface area contributed by atoms with Crippen LogP contribution in [0.4, 0.5) is 0 Å². The van der Waals surface area contributed by atoms with Crippen molar-refractivity contribution in [3.05, 3.63) is 29.3 Å². The molecule has 2 N–H and O–H groups in total. The smallest absolute Gasteiger partial charge is 0.191 e. The Morgan fingerprint density at radius 1 is 1.22 bits per heavy atom. The Balaban J connectivity index is 2.61. The van der Waals surface area contributed by atoms with E-state index in [0.29, 0.717) is 11.4 Å². The van der Waals surface area contributed by atoms with E-state index in [4.69, 9.17) is 0 Å². The highest BCUT2D eigenvalue weighted by Crippen LogP contribution is 2.17. The quantitative estimate of drug-likeness (QED) is 0.639. The van der Waals surface area contributed by atoms with Crippen molar-refractivity contribution in [2.45, 2.75) is 45.6 Å². The molecule has 23 heavy (non-hydrogen) atoms. The maximum atomic E-state index is 11.6. The van der Waals surface area contributed by atoms with Crippen LogP contribution in [-0.4, -0.2) is 34.2 Å². The predicted molar refractivity (Wildman–Crippen MR) is 96.6 cm³/mol. The van der Waals surface area contributed by atoms with E-state index < -0.39 is 9.84 Å². The van der Waals surface area contributed by atoms with Crippen LogP contribution >= 0.6 is 0 Å². The summed E-state index contributed by atoms with van der Waals surface area (Å²) < 4.78 is 23.3. The van der Waals surface area contributed by atoms with Crippen LogP contribution in [0.3, 0.4) is 0 Å². The minimum atomic E-state index is -3.17. The molecule has 1 aromatic rings. The molecule has 0 spiro atoms. The zero-order valence-electron chi connectivity index (χ0n) is 15.0. The van der Waals surface area contributed by atoms with Gasteiger partial charge in [0.05, 0.1) is 4.90 Å². The fourth-order valence-corrected chi connectivity index (χ4v) is 3.16. The van der Waals surface area contributed by atoms with Crippen molar-refractivity contribution < 1.29 is 8.42 Å². The van der Waals surface area contributed by atoms with Crippen LogP contribution in [0.2, 0.25) is 0 Å². The van der Waals surface area contributed by atoms with Crippen LogP contribution < -0.4 is 10.6 Å². The summed E-state index contributed by atoms with van der Waals surface area (Å²) in [5.41, 5.74) is 2.07. The number of rotatable bonds is 5. The Morgan fingerprint density at radius 3 is 2.35 bits per heavy atom. The van der Waals surface area contributed by atoms with Gasteiger partial charge >= 0.3 is 0 Å². The van der Waals surface area contributed by atoms with Gasteiger partial charge in [0.1, 0.15) is 0 Å². The number of sulfone groups is 1. The van der Waals surface area contributed by atoms with Gasteiger partial charge in [-0.05, 0) is 36.0 Å². The lowest BCUT2D eigenvalue weighted by Gasteiger charge is -2.19. The van der Waals surface area contributed by atoms with Gasteiger partial charge in [0.2, 0.25) is 0 Å². The van der Waals surface area contributed by atoms with E-state index >= 15 is 0 Å². The second-order valence-electron chi connectivity index (χ2n) is 7.04. The lowest BCUT2D eigenvalue weighted by atomic mass is 9.92. The van der Waals surface area contributed by atoms with E-state index in [-0.39, 0.29) is 5.41 Å². The van der Waals surface area contributed by atoms with Crippen LogP contribution in [-0.2, 0) is 16.4 Å². The van der Waals surface area contributed by atoms with Gasteiger partial charge in [-0.1, -0.05) is 32.9 Å². The standard InChI is InChI=1S/C17H29N3O2S/c1-13-11-14(7-8-15(13)23(6,21)22)12-20-16(18-5)19-10-9-17(2,3)4/h7-8,11H,9-10,12H2,1-6H3,(H2,18,19,20). The van der Waals surface area contributed by atoms with Crippen molar-refractivity contribution in [3.63, 3.8) is 0 Å². The maximum absolute atomic E-state index is 11.6. The summed E-state index contributed by atoms with van der Waals surface area (Å²) in [6, 6.07) is 5.39. The van der Waals surface area contributed by atoms with Crippen LogP contribution in [0.15, 0.2) is 28.1 Å². The van der Waals surface area contributed by atoms with Gasteiger partial charge in [-0.3, -0.25) is 4.99 Å². The van der Waals surface area contributed by atoms with E-state index in [1.165, 1.54) is 6.26 Å². The minimum Gasteiger partial charge on any atom is -0.356 e. The number of hydrogen-bond donors (Lipinski definition) is 2. The molecule has 1 rings (SSSR count). The predicted octanol–water partition coefficient (Wildman–Crippen LogP) is 2.50. The second kappa shape index (κ2) is 7.81. The van der Waals surface area contributed by atoms with Gasteiger partial charge in [-0.15, -0.1) is 0 Å². The lowest BCUT2D eigenvalue weighted by Crippen LogP contribution is -2.38. The Hall–Kier alpha value is -1.56. The molecule has 0 saturated heterocycles. The van der Waals surface area contributed by atoms with Crippen LogP contribution in [0, 0.1) is 12.3 Å². The van der Waals surface area contributed by atoms with Crippen molar-refractivity contribution in [3.8, 4) is 0 Å². The average molecular weight is 340 g/mol. The van der Waals surface area contributed by atoms with Crippen LogP contribution in [0.5, 0.6) is 0 Å². The first-order valence-corrected chi connectivity index (χ1v) is 9.66. The molecule has 0 radical (unpaired) electrons. The number of hydrogen-bond acceptors (Lipinski definition) is 3. The summed E-state index contributed by atoms with van der Waals surface area (Å²) >= 11 is 0. The van der Waals surface area contributed by atoms with Gasteiger partial charge in [0.15, 0.2) is 15.8 Å². The van der Waals surface area contributed by atoms with E-state index in [0.717, 1.165) is 30.1 Å². The second-order valence-corrected chi connectivity index (χ2v) is 9.02. The molecule has 0 aliphatic rings. The highest BCUT2D eigenvalue weighted by Gasteiger charge is 2.11. The molecule has 0 bridgehead atoms. The third-order valence-corrected chi connectivity index (χ3v) is 4.75. The molecule has 6 heteroatoms. The Kier molecular flexibility index (Phi) is 6.62. The third kappa shape index (κ3) is 7.03. The van der Waals surface area contributed by atoms with Gasteiger partial charge in [0, 0.05) is 26.4 Å². The van der Waals surface area contributed by atoms with Crippen molar-refractivity contribution in [2.75, 3.05) is 19.8 Å². The molecular weight excluding hydrogens is 310 g/mol. The molecule has 0 heterocycles. The fourth-order valence-electron chi connectivity index (χ4n) is 2.20. The summed E-state index contributed by atoms with van der Waals surface area (Å²) in [6.45, 7) is 9.89. The van der Waals surface area contributed by atoms with Gasteiger partial charge in [-0.25, -0.2) is 8.42 Å². The average Bonchev–Trinajstić information content (AvgIpc) is 2.40. The number of guanidine groups is 1. The lowest BCUT2D eigenvalue weighted by molar-refractivity contribution is 0.377. The number of nitrogens with zero attached hydrogens (tertiary/aromatic N) is 1. The number of aryl methyl sites for hydroxylation is 1. The topological polar surface area (TPSA) is 70.6 Å². The Morgan fingerprint density at radius 2 is 1.87 bits per heavy atom. The Labute approximate surface area is 140 Å². The van der Waals surface area contributed by atoms with Crippen LogP contribution in [0.25, 0.3) is 0 Å². The van der Waals surface area contributed by atoms with Crippen molar-refractivity contribution in [1.29, 1.82) is 0 Å². The highest BCUT2D eigenvalue weighted by atomic mass is 32.2. The van der Waals surface area contributed by atoms with E-state index in [1.807, 2.05) is 19.1 Å². The number of nitrogens with one attached hydrogen (secondary N) is 2. The number of benzene rings is 1. The monoisotopic (exact) mass is 339 g/mol. The minimum absolute atomic E-state index is 0.282. The molecule has 130 valence electrons. The first-order valence-electron chi connectivity index (χ1n) is 7.77. The fraction of sp³-hybridized carbons (Fsp3) is 0.588. The molecule has 0 aliphatic carbocycles. The van der Waals surface area contributed by atoms with Crippen LogP contribution in [0.1, 0.15) is 38.3 Å². The zero-order valence-corrected chi connectivity index (χ0v) is 15.8. The summed E-state index contributed by atoms with van der Waals surface area (Å²) in [5.74, 6) is 0.749. The molecule has 0 aliphatic heterocycles. The van der Waals surface area contributed by atoms with Gasteiger partial charge < -0.3 is 10.6 Å². The van der Waals surface area contributed by atoms with Gasteiger partial charge in [0.25, 0.3) is 0 Å². The summed E-state index contributed by atoms with van der Waals surface area (Å²) in [7, 11) is -1.43. The molecule has 0 unspecified atom stereocenters. The maximum Gasteiger partial charge on any atom is 0.191 e. The normalized spacial score (nSPS) is 13.0. The molecule has 0 aromatic heterocycles. The molecule has 0 fully saturated rings. The van der Waals surface area contributed by atoms with Crippen molar-refractivity contribution in [2.24, 2.45) is 10.4 Å². The summed E-state index contributed by atoms with van der Waals surface area (Å²) in [4.78, 5) is 4.58.